The van der Waals surface area contributed by atoms with E-state index in [1.54, 1.807) is 18.5 Å². The van der Waals surface area contributed by atoms with Gasteiger partial charge in [0, 0.05) is 12.7 Å². The Hall–Kier alpha value is -2.15. The van der Waals surface area contributed by atoms with Crippen LogP contribution >= 0.6 is 0 Å². The molecule has 2 heterocycles. The number of nitrogens with one attached hydrogen (secondary N) is 2. The lowest BCUT2D eigenvalue weighted by Crippen LogP contribution is -2.35. The van der Waals surface area contributed by atoms with Gasteiger partial charge in [0.15, 0.2) is 6.10 Å². The zero-order valence-corrected chi connectivity index (χ0v) is 11.1. The Balaban J connectivity index is 1.75. The molecule has 7 nitrogen and oxygen atoms in total. The van der Waals surface area contributed by atoms with E-state index in [4.69, 9.17) is 9.84 Å². The first-order chi connectivity index (χ1) is 9.54. The summed E-state index contributed by atoms with van der Waals surface area (Å²) in [7, 11) is 0. The summed E-state index contributed by atoms with van der Waals surface area (Å²) in [5, 5.41) is 14.1. The third-order valence-electron chi connectivity index (χ3n) is 3.01. The minimum absolute atomic E-state index is 0.252. The molecule has 108 valence electrons. The van der Waals surface area contributed by atoms with Crippen molar-refractivity contribution in [3.8, 4) is 0 Å². The lowest BCUT2D eigenvalue weighted by Gasteiger charge is -2.13. The van der Waals surface area contributed by atoms with Crippen LogP contribution in [-0.2, 0) is 9.53 Å². The van der Waals surface area contributed by atoms with E-state index in [-0.39, 0.29) is 18.7 Å². The van der Waals surface area contributed by atoms with Crippen LogP contribution in [0.15, 0.2) is 18.5 Å². The lowest BCUT2D eigenvalue weighted by molar-refractivity contribution is -0.149. The van der Waals surface area contributed by atoms with Crippen LogP contribution in [0.5, 0.6) is 0 Å². The molecule has 1 aromatic rings. The largest absolute Gasteiger partial charge is 0.479 e. The van der Waals surface area contributed by atoms with Gasteiger partial charge in [-0.15, -0.1) is 0 Å². The van der Waals surface area contributed by atoms with Gasteiger partial charge in [-0.3, -0.25) is 4.98 Å². The van der Waals surface area contributed by atoms with E-state index >= 15 is 0 Å². The van der Waals surface area contributed by atoms with Crippen molar-refractivity contribution in [2.75, 3.05) is 11.9 Å². The maximum Gasteiger partial charge on any atom is 0.332 e. The Kier molecular flexibility index (Phi) is 4.52. The van der Waals surface area contributed by atoms with Crippen LogP contribution < -0.4 is 10.6 Å². The highest BCUT2D eigenvalue weighted by Gasteiger charge is 2.30. The predicted molar refractivity (Wildman–Crippen MR) is 71.5 cm³/mol. The Labute approximate surface area is 116 Å². The van der Waals surface area contributed by atoms with Gasteiger partial charge in [0.1, 0.15) is 0 Å². The summed E-state index contributed by atoms with van der Waals surface area (Å²) in [6, 6.07) is 1.44. The van der Waals surface area contributed by atoms with E-state index in [1.165, 1.54) is 0 Å². The quantitative estimate of drug-likeness (QED) is 0.767. The Morgan fingerprint density at radius 2 is 2.25 bits per heavy atom. The molecular weight excluding hydrogens is 262 g/mol. The molecule has 2 rings (SSSR count). The predicted octanol–water partition coefficient (Wildman–Crippen LogP) is 1.14. The Bertz CT molecular complexity index is 506. The number of carboxylic acid groups (broad SMARTS) is 1. The van der Waals surface area contributed by atoms with Gasteiger partial charge in [0.05, 0.1) is 18.0 Å². The summed E-state index contributed by atoms with van der Waals surface area (Å²) in [4.78, 5) is 26.4. The van der Waals surface area contributed by atoms with Crippen LogP contribution in [-0.4, -0.2) is 40.8 Å². The number of carboxylic acids is 1. The van der Waals surface area contributed by atoms with Crippen molar-refractivity contribution in [1.82, 2.24) is 10.3 Å². The highest BCUT2D eigenvalue weighted by molar-refractivity contribution is 5.89. The minimum Gasteiger partial charge on any atom is -0.479 e. The molecule has 20 heavy (non-hydrogen) atoms. The highest BCUT2D eigenvalue weighted by atomic mass is 16.5. The number of nitrogens with zero attached hydrogens (tertiary/aromatic N) is 1. The molecule has 0 aliphatic carbocycles. The average Bonchev–Trinajstić information content (AvgIpc) is 2.85. The summed E-state index contributed by atoms with van der Waals surface area (Å²) in [5.41, 5.74) is 1.56. The van der Waals surface area contributed by atoms with Gasteiger partial charge in [0.2, 0.25) is 0 Å². The van der Waals surface area contributed by atoms with Crippen LogP contribution in [0.3, 0.4) is 0 Å². The zero-order chi connectivity index (χ0) is 14.5. The second kappa shape index (κ2) is 6.33. The van der Waals surface area contributed by atoms with E-state index in [9.17, 15) is 9.59 Å². The zero-order valence-electron chi connectivity index (χ0n) is 11.1. The van der Waals surface area contributed by atoms with Gasteiger partial charge in [-0.2, -0.15) is 0 Å². The number of rotatable bonds is 4. The van der Waals surface area contributed by atoms with Crippen LogP contribution in [0.25, 0.3) is 0 Å². The van der Waals surface area contributed by atoms with Crippen molar-refractivity contribution >= 4 is 17.7 Å². The number of hydrogen-bond acceptors (Lipinski definition) is 4. The van der Waals surface area contributed by atoms with Crippen molar-refractivity contribution in [2.24, 2.45) is 0 Å². The smallest absolute Gasteiger partial charge is 0.332 e. The number of aliphatic carboxylic acids is 1. The molecule has 2 atom stereocenters. The first kappa shape index (κ1) is 14.3. The van der Waals surface area contributed by atoms with Crippen molar-refractivity contribution in [3.63, 3.8) is 0 Å². The standard InChI is InChI=1S/C13H17N3O4/c1-8-4-9(6-14-5-8)16-13(19)15-7-10-2-3-11(20-10)12(17)18/h4-6,10-11H,2-3,7H2,1H3,(H,17,18)(H2,15,16,19). The molecular formula is C13H17N3O4. The van der Waals surface area contributed by atoms with E-state index < -0.39 is 12.1 Å². The molecule has 0 spiro atoms. The number of carbonyl (C=O) groups is 2. The summed E-state index contributed by atoms with van der Waals surface area (Å²) in [5.74, 6) is -0.956. The molecule has 0 bridgehead atoms. The monoisotopic (exact) mass is 279 g/mol. The van der Waals surface area contributed by atoms with Gasteiger partial charge in [-0.25, -0.2) is 9.59 Å². The minimum atomic E-state index is -0.956. The lowest BCUT2D eigenvalue weighted by atomic mass is 10.2. The fourth-order valence-corrected chi connectivity index (χ4v) is 2.04. The fourth-order valence-electron chi connectivity index (χ4n) is 2.04. The van der Waals surface area contributed by atoms with E-state index in [1.807, 2.05) is 6.92 Å². The van der Waals surface area contributed by atoms with E-state index in [0.717, 1.165) is 5.56 Å². The second-order valence-electron chi connectivity index (χ2n) is 4.75. The number of anilines is 1. The molecule has 2 unspecified atom stereocenters. The molecule has 3 N–H and O–H groups in total. The number of amides is 2. The number of aromatic nitrogens is 1. The number of hydrogen-bond donors (Lipinski definition) is 3. The third-order valence-corrected chi connectivity index (χ3v) is 3.01. The molecule has 1 saturated heterocycles. The van der Waals surface area contributed by atoms with Crippen molar-refractivity contribution in [1.29, 1.82) is 0 Å². The van der Waals surface area contributed by atoms with Gasteiger partial charge in [-0.05, 0) is 31.4 Å². The summed E-state index contributed by atoms with van der Waals surface area (Å²) < 4.78 is 5.29. The molecule has 1 aliphatic rings. The van der Waals surface area contributed by atoms with Gasteiger partial charge in [-0.1, -0.05) is 0 Å². The number of aryl methyl sites for hydroxylation is 1. The number of ether oxygens (including phenoxy) is 1. The van der Waals surface area contributed by atoms with Crippen LogP contribution in [0, 0.1) is 6.92 Å². The van der Waals surface area contributed by atoms with Crippen LogP contribution in [0.4, 0.5) is 10.5 Å². The molecule has 0 radical (unpaired) electrons. The summed E-state index contributed by atoms with van der Waals surface area (Å²) in [6.07, 6.45) is 3.35. The molecule has 1 fully saturated rings. The fraction of sp³-hybridized carbons (Fsp3) is 0.462. The van der Waals surface area contributed by atoms with Crippen LogP contribution in [0.2, 0.25) is 0 Å². The molecule has 0 aromatic carbocycles. The molecule has 1 aliphatic heterocycles. The third kappa shape index (κ3) is 3.92. The maximum atomic E-state index is 11.7. The van der Waals surface area contributed by atoms with Crippen molar-refractivity contribution in [3.05, 3.63) is 24.0 Å². The SMILES string of the molecule is Cc1cncc(NC(=O)NCC2CCC(C(=O)O)O2)c1. The second-order valence-corrected chi connectivity index (χ2v) is 4.75. The number of urea groups is 1. The number of pyridine rings is 1. The van der Waals surface area contributed by atoms with Crippen molar-refractivity contribution in [2.45, 2.75) is 32.0 Å². The van der Waals surface area contributed by atoms with Crippen LogP contribution in [0.1, 0.15) is 18.4 Å². The summed E-state index contributed by atoms with van der Waals surface area (Å²) >= 11 is 0. The van der Waals surface area contributed by atoms with Crippen molar-refractivity contribution < 1.29 is 19.4 Å². The topological polar surface area (TPSA) is 101 Å². The first-order valence-electron chi connectivity index (χ1n) is 6.39. The maximum absolute atomic E-state index is 11.7. The van der Waals surface area contributed by atoms with Gasteiger partial charge < -0.3 is 20.5 Å². The first-order valence-corrected chi connectivity index (χ1v) is 6.39. The van der Waals surface area contributed by atoms with E-state index in [0.29, 0.717) is 18.5 Å². The Morgan fingerprint density at radius 3 is 2.90 bits per heavy atom. The molecule has 1 aromatic heterocycles. The average molecular weight is 279 g/mol. The van der Waals surface area contributed by atoms with E-state index in [2.05, 4.69) is 15.6 Å². The molecule has 0 saturated carbocycles. The number of carbonyl (C=O) groups excluding carboxylic acids is 1. The highest BCUT2D eigenvalue weighted by Crippen LogP contribution is 2.19. The van der Waals surface area contributed by atoms with Gasteiger partial charge >= 0.3 is 12.0 Å². The molecule has 2 amide bonds. The summed E-state index contributed by atoms with van der Waals surface area (Å²) in [6.45, 7) is 2.17. The normalized spacial score (nSPS) is 21.4. The Morgan fingerprint density at radius 1 is 1.45 bits per heavy atom. The van der Waals surface area contributed by atoms with Gasteiger partial charge in [0.25, 0.3) is 0 Å². The molecule has 7 heteroatoms.